The van der Waals surface area contributed by atoms with Crippen LogP contribution in [0.15, 0.2) is 36.7 Å². The van der Waals surface area contributed by atoms with Gasteiger partial charge in [0.2, 0.25) is 0 Å². The van der Waals surface area contributed by atoms with Crippen molar-refractivity contribution in [3.8, 4) is 0 Å². The van der Waals surface area contributed by atoms with Crippen molar-refractivity contribution in [1.82, 2.24) is 9.97 Å². The third-order valence-corrected chi connectivity index (χ3v) is 2.53. The van der Waals surface area contributed by atoms with E-state index in [9.17, 15) is 4.79 Å². The lowest BCUT2D eigenvalue weighted by Crippen LogP contribution is -2.14. The van der Waals surface area contributed by atoms with E-state index in [-0.39, 0.29) is 5.91 Å². The molecule has 98 valence electrons. The number of pyridine rings is 2. The molecule has 0 radical (unpaired) electrons. The van der Waals surface area contributed by atoms with Crippen molar-refractivity contribution in [1.29, 1.82) is 0 Å². The third kappa shape index (κ3) is 3.51. The minimum Gasteiger partial charge on any atom is -0.385 e. The van der Waals surface area contributed by atoms with Gasteiger partial charge in [-0.15, -0.1) is 0 Å². The zero-order chi connectivity index (χ0) is 13.7. The number of carbonyl (C=O) groups is 1. The van der Waals surface area contributed by atoms with E-state index in [0.29, 0.717) is 11.4 Å². The van der Waals surface area contributed by atoms with Crippen LogP contribution in [0.3, 0.4) is 0 Å². The van der Waals surface area contributed by atoms with E-state index in [4.69, 9.17) is 0 Å². The highest BCUT2D eigenvalue weighted by atomic mass is 16.1. The molecule has 0 saturated heterocycles. The first kappa shape index (κ1) is 13.0. The average molecular weight is 256 g/mol. The van der Waals surface area contributed by atoms with Crippen molar-refractivity contribution < 1.29 is 4.79 Å². The topological polar surface area (TPSA) is 66.9 Å². The van der Waals surface area contributed by atoms with Crippen LogP contribution in [0.25, 0.3) is 0 Å². The van der Waals surface area contributed by atoms with E-state index in [0.717, 1.165) is 17.9 Å². The molecule has 0 spiro atoms. The minimum atomic E-state index is -0.231. The summed E-state index contributed by atoms with van der Waals surface area (Å²) in [5.41, 5.74) is 2.83. The number of hydrogen-bond donors (Lipinski definition) is 2. The number of amides is 1. The molecule has 0 aliphatic carbocycles. The molecule has 0 atom stereocenters. The Hall–Kier alpha value is -2.43. The summed E-state index contributed by atoms with van der Waals surface area (Å²) in [6.07, 6.45) is 3.28. The molecule has 1 amide bonds. The minimum absolute atomic E-state index is 0.231. The van der Waals surface area contributed by atoms with Crippen molar-refractivity contribution in [3.05, 3.63) is 48.0 Å². The van der Waals surface area contributed by atoms with Crippen LogP contribution in [0.2, 0.25) is 0 Å². The molecule has 2 heterocycles. The van der Waals surface area contributed by atoms with E-state index < -0.39 is 0 Å². The molecule has 0 fully saturated rings. The molecule has 0 aliphatic heterocycles. The Bertz CT molecular complexity index is 583. The van der Waals surface area contributed by atoms with E-state index in [1.165, 1.54) is 0 Å². The van der Waals surface area contributed by atoms with Gasteiger partial charge >= 0.3 is 0 Å². The summed E-state index contributed by atoms with van der Waals surface area (Å²) in [5, 5.41) is 5.94. The maximum Gasteiger partial charge on any atom is 0.274 e. The van der Waals surface area contributed by atoms with Gasteiger partial charge in [-0.25, -0.2) is 0 Å². The zero-order valence-electron chi connectivity index (χ0n) is 11.0. The van der Waals surface area contributed by atoms with Crippen LogP contribution in [0.1, 0.15) is 23.1 Å². The summed E-state index contributed by atoms with van der Waals surface area (Å²) in [6, 6.07) is 7.12. The van der Waals surface area contributed by atoms with Gasteiger partial charge < -0.3 is 10.6 Å². The van der Waals surface area contributed by atoms with Crippen LogP contribution in [0.4, 0.5) is 11.4 Å². The largest absolute Gasteiger partial charge is 0.385 e. The number of hydrogen-bond acceptors (Lipinski definition) is 4. The lowest BCUT2D eigenvalue weighted by atomic mass is 10.2. The van der Waals surface area contributed by atoms with Crippen LogP contribution in [-0.2, 0) is 0 Å². The maximum absolute atomic E-state index is 12.1. The Labute approximate surface area is 112 Å². The molecular weight excluding hydrogens is 240 g/mol. The maximum atomic E-state index is 12.1. The molecule has 0 unspecified atom stereocenters. The molecule has 0 saturated carbocycles. The fourth-order valence-corrected chi connectivity index (χ4v) is 1.69. The summed E-state index contributed by atoms with van der Waals surface area (Å²) in [5.74, 6) is -0.231. The number of nitrogens with zero attached hydrogens (tertiary/aromatic N) is 2. The first-order chi connectivity index (χ1) is 9.19. The van der Waals surface area contributed by atoms with E-state index in [1.807, 2.05) is 26.0 Å². The normalized spacial score (nSPS) is 10.0. The molecule has 2 aromatic heterocycles. The van der Waals surface area contributed by atoms with E-state index in [1.54, 1.807) is 24.5 Å². The quantitative estimate of drug-likeness (QED) is 0.881. The molecule has 19 heavy (non-hydrogen) atoms. The molecule has 2 aromatic rings. The zero-order valence-corrected chi connectivity index (χ0v) is 11.0. The smallest absolute Gasteiger partial charge is 0.274 e. The summed E-state index contributed by atoms with van der Waals surface area (Å²) >= 11 is 0. The Morgan fingerprint density at radius 1 is 1.16 bits per heavy atom. The van der Waals surface area contributed by atoms with E-state index >= 15 is 0 Å². The molecule has 0 bridgehead atoms. The SMILES string of the molecule is CCNc1ccnc(C(=O)Nc2ccnc(C)c2)c1. The van der Waals surface area contributed by atoms with Gasteiger partial charge in [-0.05, 0) is 38.1 Å². The highest BCUT2D eigenvalue weighted by Crippen LogP contribution is 2.11. The van der Waals surface area contributed by atoms with Crippen molar-refractivity contribution in [3.63, 3.8) is 0 Å². The lowest BCUT2D eigenvalue weighted by Gasteiger charge is -2.07. The van der Waals surface area contributed by atoms with Gasteiger partial charge in [0.15, 0.2) is 0 Å². The predicted octanol–water partition coefficient (Wildman–Crippen LogP) is 2.47. The summed E-state index contributed by atoms with van der Waals surface area (Å²) < 4.78 is 0. The lowest BCUT2D eigenvalue weighted by molar-refractivity contribution is 0.102. The van der Waals surface area contributed by atoms with E-state index in [2.05, 4.69) is 20.6 Å². The Balaban J connectivity index is 2.13. The van der Waals surface area contributed by atoms with Gasteiger partial charge in [0.05, 0.1) is 0 Å². The molecule has 5 heteroatoms. The van der Waals surface area contributed by atoms with Crippen molar-refractivity contribution >= 4 is 17.3 Å². The van der Waals surface area contributed by atoms with Crippen molar-refractivity contribution in [2.75, 3.05) is 17.2 Å². The number of aryl methyl sites for hydroxylation is 1. The fourth-order valence-electron chi connectivity index (χ4n) is 1.69. The second-order valence-corrected chi connectivity index (χ2v) is 4.10. The van der Waals surface area contributed by atoms with Crippen LogP contribution >= 0.6 is 0 Å². The molecule has 0 aromatic carbocycles. The van der Waals surface area contributed by atoms with Crippen LogP contribution in [0, 0.1) is 6.92 Å². The average Bonchev–Trinajstić information content (AvgIpc) is 2.39. The highest BCUT2D eigenvalue weighted by Gasteiger charge is 2.08. The third-order valence-electron chi connectivity index (χ3n) is 2.53. The van der Waals surface area contributed by atoms with Gasteiger partial charge in [-0.3, -0.25) is 14.8 Å². The number of aromatic nitrogens is 2. The van der Waals surface area contributed by atoms with Crippen molar-refractivity contribution in [2.45, 2.75) is 13.8 Å². The van der Waals surface area contributed by atoms with Crippen LogP contribution in [0.5, 0.6) is 0 Å². The number of anilines is 2. The molecule has 2 N–H and O–H groups in total. The Morgan fingerprint density at radius 2 is 1.89 bits per heavy atom. The molecule has 2 rings (SSSR count). The second-order valence-electron chi connectivity index (χ2n) is 4.10. The van der Waals surface area contributed by atoms with Gasteiger partial charge in [0.25, 0.3) is 5.91 Å². The van der Waals surface area contributed by atoms with Gasteiger partial charge in [-0.1, -0.05) is 0 Å². The van der Waals surface area contributed by atoms with Gasteiger partial charge in [0.1, 0.15) is 5.69 Å². The second kappa shape index (κ2) is 5.95. The summed E-state index contributed by atoms with van der Waals surface area (Å²) in [7, 11) is 0. The first-order valence-corrected chi connectivity index (χ1v) is 6.13. The first-order valence-electron chi connectivity index (χ1n) is 6.13. The van der Waals surface area contributed by atoms with Crippen LogP contribution in [-0.4, -0.2) is 22.4 Å². The fraction of sp³-hybridized carbons (Fsp3) is 0.214. The summed E-state index contributed by atoms with van der Waals surface area (Å²) in [4.78, 5) is 20.2. The number of rotatable bonds is 4. The Morgan fingerprint density at radius 3 is 2.63 bits per heavy atom. The number of carbonyl (C=O) groups excluding carboxylic acids is 1. The highest BCUT2D eigenvalue weighted by molar-refractivity contribution is 6.03. The van der Waals surface area contributed by atoms with Gasteiger partial charge in [0, 0.05) is 36.0 Å². The molecule has 5 nitrogen and oxygen atoms in total. The number of nitrogens with one attached hydrogen (secondary N) is 2. The van der Waals surface area contributed by atoms with Gasteiger partial charge in [-0.2, -0.15) is 0 Å². The monoisotopic (exact) mass is 256 g/mol. The molecule has 0 aliphatic rings. The molecular formula is C14H16N4O. The summed E-state index contributed by atoms with van der Waals surface area (Å²) in [6.45, 7) is 4.67. The Kier molecular flexibility index (Phi) is 4.07. The predicted molar refractivity (Wildman–Crippen MR) is 75.3 cm³/mol. The standard InChI is InChI=1S/C14H16N4O/c1-3-15-11-4-7-17-13(9-11)14(19)18-12-5-6-16-10(2)8-12/h4-9H,3H2,1-2H3,(H,15,17)(H,16,18,19). The van der Waals surface area contributed by atoms with Crippen LogP contribution < -0.4 is 10.6 Å². The van der Waals surface area contributed by atoms with Crippen molar-refractivity contribution in [2.24, 2.45) is 0 Å².